The molecule has 0 spiro atoms. The normalized spacial score (nSPS) is 14.2. The fourth-order valence-corrected chi connectivity index (χ4v) is 11.5. The summed E-state index contributed by atoms with van der Waals surface area (Å²) < 4.78 is 67.8. The number of carbonyl (C=O) groups is 4. The first kappa shape index (κ1) is 83.1. The smallest absolute Gasteiger partial charge is 0.462 e. The molecule has 5 atom stereocenters. The average molecular weight is 1260 g/mol. The lowest BCUT2D eigenvalue weighted by Crippen LogP contribution is -2.30. The Morgan fingerprint density at radius 2 is 0.541 bits per heavy atom. The molecule has 0 saturated heterocycles. The van der Waals surface area contributed by atoms with Crippen molar-refractivity contribution in [2.45, 2.75) is 355 Å². The van der Waals surface area contributed by atoms with Crippen LogP contribution in [-0.2, 0) is 65.4 Å². The number of hydrogen-bond donors (Lipinski definition) is 3. The molecule has 19 heteroatoms. The van der Waals surface area contributed by atoms with E-state index in [2.05, 4.69) is 34.6 Å². The monoisotopic (exact) mass is 1250 g/mol. The minimum Gasteiger partial charge on any atom is -0.462 e. The van der Waals surface area contributed by atoms with E-state index >= 15 is 0 Å². The van der Waals surface area contributed by atoms with Crippen LogP contribution < -0.4 is 0 Å². The zero-order valence-corrected chi connectivity index (χ0v) is 56.5. The Kier molecular flexibility index (Phi) is 58.3. The van der Waals surface area contributed by atoms with Gasteiger partial charge in [0.1, 0.15) is 19.3 Å². The third-order valence-corrected chi connectivity index (χ3v) is 17.2. The maximum absolute atomic E-state index is 13.0. The highest BCUT2D eigenvalue weighted by Crippen LogP contribution is 2.45. The number of rotatable bonds is 66. The van der Waals surface area contributed by atoms with E-state index in [1.54, 1.807) is 0 Å². The summed E-state index contributed by atoms with van der Waals surface area (Å²) >= 11 is 0. The Hall–Kier alpha value is -1.94. The van der Waals surface area contributed by atoms with Crippen LogP contribution in [0.15, 0.2) is 0 Å². The molecule has 0 amide bonds. The van der Waals surface area contributed by atoms with Crippen LogP contribution in [-0.4, -0.2) is 96.7 Å². The number of phosphoric acid groups is 2. The van der Waals surface area contributed by atoms with Gasteiger partial charge in [-0.05, 0) is 31.6 Å². The summed E-state index contributed by atoms with van der Waals surface area (Å²) in [6.07, 6.45) is 44.9. The predicted octanol–water partition coefficient (Wildman–Crippen LogP) is 18.6. The van der Waals surface area contributed by atoms with Crippen molar-refractivity contribution < 1.29 is 80.2 Å². The summed E-state index contributed by atoms with van der Waals surface area (Å²) in [4.78, 5) is 72.0. The lowest BCUT2D eigenvalue weighted by Gasteiger charge is -2.21. The summed E-state index contributed by atoms with van der Waals surface area (Å²) in [7, 11) is -9.88. The Morgan fingerprint density at radius 1 is 0.318 bits per heavy atom. The van der Waals surface area contributed by atoms with Gasteiger partial charge >= 0.3 is 39.5 Å². The van der Waals surface area contributed by atoms with Gasteiger partial charge in [-0.15, -0.1) is 0 Å². The molecule has 0 bridgehead atoms. The molecule has 0 radical (unpaired) electrons. The molecule has 0 aliphatic carbocycles. The molecular formula is C66H128O17P2. The molecule has 0 aromatic rings. The van der Waals surface area contributed by atoms with Crippen LogP contribution >= 0.6 is 15.6 Å². The number of unbranched alkanes of at least 4 members (excludes halogenated alkanes) is 38. The van der Waals surface area contributed by atoms with E-state index in [1.165, 1.54) is 148 Å². The Balaban J connectivity index is 5.12. The average Bonchev–Trinajstić information content (AvgIpc) is 3.49. The van der Waals surface area contributed by atoms with E-state index in [9.17, 15) is 43.2 Å². The van der Waals surface area contributed by atoms with Crippen LogP contribution in [0.3, 0.4) is 0 Å². The molecule has 3 N–H and O–H groups in total. The molecule has 504 valence electrons. The molecule has 17 nitrogen and oxygen atoms in total. The van der Waals surface area contributed by atoms with Crippen LogP contribution in [0.4, 0.5) is 0 Å². The molecule has 0 aliphatic heterocycles. The largest absolute Gasteiger partial charge is 0.472 e. The fraction of sp³-hybridized carbons (Fsp3) is 0.939. The first-order valence-electron chi connectivity index (χ1n) is 34.6. The number of carbonyl (C=O) groups excluding carboxylic acids is 4. The molecule has 0 aromatic heterocycles. The molecule has 0 rings (SSSR count). The van der Waals surface area contributed by atoms with E-state index in [4.69, 9.17) is 37.0 Å². The number of hydrogen-bond acceptors (Lipinski definition) is 15. The van der Waals surface area contributed by atoms with Gasteiger partial charge in [-0.1, -0.05) is 285 Å². The van der Waals surface area contributed by atoms with Gasteiger partial charge in [0.05, 0.1) is 26.4 Å². The van der Waals surface area contributed by atoms with Crippen molar-refractivity contribution in [3.05, 3.63) is 0 Å². The minimum atomic E-state index is -4.94. The van der Waals surface area contributed by atoms with Crippen molar-refractivity contribution in [3.8, 4) is 0 Å². The van der Waals surface area contributed by atoms with E-state index in [0.717, 1.165) is 109 Å². The quantitative estimate of drug-likeness (QED) is 0.0222. The molecule has 0 fully saturated rings. The van der Waals surface area contributed by atoms with Crippen molar-refractivity contribution in [1.82, 2.24) is 0 Å². The summed E-state index contributed by atoms with van der Waals surface area (Å²) in [6, 6.07) is 0. The molecule has 0 aromatic carbocycles. The van der Waals surface area contributed by atoms with Crippen molar-refractivity contribution in [3.63, 3.8) is 0 Å². The zero-order chi connectivity index (χ0) is 62.8. The second kappa shape index (κ2) is 59.7. The summed E-state index contributed by atoms with van der Waals surface area (Å²) in [5.41, 5.74) is 0. The van der Waals surface area contributed by atoms with Crippen LogP contribution in [0.5, 0.6) is 0 Å². The van der Waals surface area contributed by atoms with Gasteiger partial charge in [-0.2, -0.15) is 0 Å². The number of esters is 4. The summed E-state index contributed by atoms with van der Waals surface area (Å²) in [5, 5.41) is 10.5. The van der Waals surface area contributed by atoms with Gasteiger partial charge in [-0.25, -0.2) is 9.13 Å². The standard InChI is InChI=1S/C66H128O17P2/c1-6-9-12-15-17-19-20-25-29-32-36-40-45-50-64(69)77-56-62(83-66(71)52-47-42-37-33-30-27-24-22-21-23-26-28-31-34-39-43-48-59(4)5)58-81-85(74,75)79-54-60(67)53-78-84(72,73)80-57-61(55-76-63(68)49-44-38-14-11-8-3)82-65(70)51-46-41-35-18-16-13-10-7-2/h59-62,67H,6-58H2,1-5H3,(H,72,73)(H,74,75)/t60-,61+,62+/m0/s1. The molecule has 85 heavy (non-hydrogen) atoms. The molecule has 2 unspecified atom stereocenters. The van der Waals surface area contributed by atoms with Crippen molar-refractivity contribution in [2.75, 3.05) is 39.6 Å². The van der Waals surface area contributed by atoms with Crippen LogP contribution in [0.2, 0.25) is 0 Å². The maximum Gasteiger partial charge on any atom is 0.472 e. The first-order valence-corrected chi connectivity index (χ1v) is 37.6. The van der Waals surface area contributed by atoms with Crippen LogP contribution in [0.25, 0.3) is 0 Å². The molecule has 0 aliphatic rings. The third-order valence-electron chi connectivity index (χ3n) is 15.3. The second-order valence-electron chi connectivity index (χ2n) is 24.3. The lowest BCUT2D eigenvalue weighted by atomic mass is 10.0. The Bertz CT molecular complexity index is 1650. The SMILES string of the molecule is CCCCCCCCCCCCCCCC(=O)OC[C@H](COP(=O)(O)OC[C@@H](O)COP(=O)(O)OC[C@@H](COC(=O)CCCCCCC)OC(=O)CCCCCCCCCC)OC(=O)CCCCCCCCCCCCCCCCCCC(C)C. The first-order chi connectivity index (χ1) is 41.0. The molecule has 0 saturated carbocycles. The van der Waals surface area contributed by atoms with Gasteiger partial charge in [0.25, 0.3) is 0 Å². The van der Waals surface area contributed by atoms with Gasteiger partial charge in [0.2, 0.25) is 0 Å². The number of phosphoric ester groups is 2. The van der Waals surface area contributed by atoms with Crippen molar-refractivity contribution in [1.29, 1.82) is 0 Å². The van der Waals surface area contributed by atoms with Gasteiger partial charge in [-0.3, -0.25) is 37.3 Å². The molecular weight excluding hydrogens is 1130 g/mol. The number of aliphatic hydroxyl groups is 1. The van der Waals surface area contributed by atoms with Crippen molar-refractivity contribution >= 4 is 39.5 Å². The summed E-state index contributed by atoms with van der Waals surface area (Å²) in [5.74, 6) is -1.33. The van der Waals surface area contributed by atoms with Crippen LogP contribution in [0, 0.1) is 5.92 Å². The van der Waals surface area contributed by atoms with Crippen molar-refractivity contribution in [2.24, 2.45) is 5.92 Å². The number of ether oxygens (including phenoxy) is 4. The lowest BCUT2D eigenvalue weighted by molar-refractivity contribution is -0.161. The third kappa shape index (κ3) is 60.7. The Morgan fingerprint density at radius 3 is 0.800 bits per heavy atom. The van der Waals surface area contributed by atoms with Crippen LogP contribution in [0.1, 0.15) is 336 Å². The van der Waals surface area contributed by atoms with Gasteiger partial charge < -0.3 is 33.8 Å². The van der Waals surface area contributed by atoms with E-state index in [-0.39, 0.29) is 25.7 Å². The van der Waals surface area contributed by atoms with Gasteiger partial charge in [0.15, 0.2) is 12.2 Å². The maximum atomic E-state index is 13.0. The Labute approximate surface area is 517 Å². The van der Waals surface area contributed by atoms with Gasteiger partial charge in [0, 0.05) is 25.7 Å². The fourth-order valence-electron chi connectivity index (χ4n) is 9.94. The van der Waals surface area contributed by atoms with E-state index < -0.39 is 97.5 Å². The highest BCUT2D eigenvalue weighted by atomic mass is 31.2. The zero-order valence-electron chi connectivity index (χ0n) is 54.7. The highest BCUT2D eigenvalue weighted by Gasteiger charge is 2.30. The van der Waals surface area contributed by atoms with E-state index in [0.29, 0.717) is 25.7 Å². The highest BCUT2D eigenvalue weighted by molar-refractivity contribution is 7.47. The summed E-state index contributed by atoms with van der Waals surface area (Å²) in [6.45, 7) is 7.13. The predicted molar refractivity (Wildman–Crippen MR) is 340 cm³/mol. The van der Waals surface area contributed by atoms with E-state index in [1.807, 2.05) is 0 Å². The number of aliphatic hydroxyl groups excluding tert-OH is 1. The molecule has 0 heterocycles. The minimum absolute atomic E-state index is 0.104. The topological polar surface area (TPSA) is 237 Å². The second-order valence-corrected chi connectivity index (χ2v) is 27.2.